The van der Waals surface area contributed by atoms with Crippen LogP contribution in [0.1, 0.15) is 19.8 Å². The van der Waals surface area contributed by atoms with Gasteiger partial charge >= 0.3 is 5.97 Å². The SMILES string of the molecule is CC1(O)CCN(C(=O)C2C3C=CC(C3)C2C(=O)O)C1. The molecule has 19 heavy (non-hydrogen) atoms. The molecule has 1 saturated heterocycles. The van der Waals surface area contributed by atoms with Gasteiger partial charge in [0.25, 0.3) is 0 Å². The first-order valence-corrected chi connectivity index (χ1v) is 6.81. The number of aliphatic hydroxyl groups is 1. The number of carbonyl (C=O) groups is 2. The Morgan fingerprint density at radius 3 is 2.42 bits per heavy atom. The molecular weight excluding hydrogens is 246 g/mol. The lowest BCUT2D eigenvalue weighted by atomic mass is 9.82. The van der Waals surface area contributed by atoms with Gasteiger partial charge in [-0.15, -0.1) is 0 Å². The predicted octanol–water partition coefficient (Wildman–Crippen LogP) is 0.493. The zero-order valence-corrected chi connectivity index (χ0v) is 11.0. The molecule has 1 heterocycles. The number of aliphatic carboxylic acids is 1. The van der Waals surface area contributed by atoms with E-state index in [1.807, 2.05) is 12.2 Å². The van der Waals surface area contributed by atoms with Crippen LogP contribution in [-0.4, -0.2) is 45.7 Å². The van der Waals surface area contributed by atoms with E-state index >= 15 is 0 Å². The molecule has 1 saturated carbocycles. The molecule has 5 atom stereocenters. The summed E-state index contributed by atoms with van der Waals surface area (Å²) >= 11 is 0. The van der Waals surface area contributed by atoms with Crippen LogP contribution in [0.2, 0.25) is 0 Å². The van der Waals surface area contributed by atoms with Crippen LogP contribution >= 0.6 is 0 Å². The van der Waals surface area contributed by atoms with E-state index in [0.717, 1.165) is 6.42 Å². The van der Waals surface area contributed by atoms with Crippen molar-refractivity contribution in [3.8, 4) is 0 Å². The first-order chi connectivity index (χ1) is 8.89. The largest absolute Gasteiger partial charge is 0.481 e. The number of hydrogen-bond donors (Lipinski definition) is 2. The molecule has 2 bridgehead atoms. The van der Waals surface area contributed by atoms with Gasteiger partial charge in [-0.1, -0.05) is 12.2 Å². The molecule has 2 aliphatic carbocycles. The number of fused-ring (bicyclic) bond motifs is 2. The highest BCUT2D eigenvalue weighted by Crippen LogP contribution is 2.49. The van der Waals surface area contributed by atoms with Gasteiger partial charge < -0.3 is 15.1 Å². The van der Waals surface area contributed by atoms with Crippen LogP contribution in [0.5, 0.6) is 0 Å². The van der Waals surface area contributed by atoms with Crippen LogP contribution in [0.15, 0.2) is 12.2 Å². The molecule has 5 unspecified atom stereocenters. The second-order valence-electron chi connectivity index (χ2n) is 6.34. The molecule has 2 N–H and O–H groups in total. The summed E-state index contributed by atoms with van der Waals surface area (Å²) in [6.45, 7) is 2.56. The van der Waals surface area contributed by atoms with E-state index in [2.05, 4.69) is 0 Å². The maximum Gasteiger partial charge on any atom is 0.307 e. The quantitative estimate of drug-likeness (QED) is 0.712. The summed E-state index contributed by atoms with van der Waals surface area (Å²) in [5, 5.41) is 19.3. The van der Waals surface area contributed by atoms with Crippen molar-refractivity contribution >= 4 is 11.9 Å². The number of likely N-dealkylation sites (tertiary alicyclic amines) is 1. The highest BCUT2D eigenvalue weighted by atomic mass is 16.4. The number of nitrogens with zero attached hydrogens (tertiary/aromatic N) is 1. The van der Waals surface area contributed by atoms with Gasteiger partial charge in [0.2, 0.25) is 5.91 Å². The Kier molecular flexibility index (Phi) is 2.71. The Bertz CT molecular complexity index is 456. The molecule has 0 spiro atoms. The fraction of sp³-hybridized carbons (Fsp3) is 0.714. The van der Waals surface area contributed by atoms with Crippen molar-refractivity contribution in [2.75, 3.05) is 13.1 Å². The van der Waals surface area contributed by atoms with E-state index in [1.165, 1.54) is 0 Å². The van der Waals surface area contributed by atoms with Gasteiger partial charge in [0.05, 0.1) is 17.4 Å². The third-order valence-corrected chi connectivity index (χ3v) is 4.79. The molecule has 5 nitrogen and oxygen atoms in total. The number of amides is 1. The van der Waals surface area contributed by atoms with Crippen LogP contribution in [0, 0.1) is 23.7 Å². The van der Waals surface area contributed by atoms with Crippen LogP contribution in [0.3, 0.4) is 0 Å². The predicted molar refractivity (Wildman–Crippen MR) is 67.2 cm³/mol. The van der Waals surface area contributed by atoms with E-state index in [1.54, 1.807) is 11.8 Å². The van der Waals surface area contributed by atoms with E-state index in [-0.39, 0.29) is 17.7 Å². The average molecular weight is 265 g/mol. The fourth-order valence-corrected chi connectivity index (χ4v) is 3.84. The second-order valence-corrected chi connectivity index (χ2v) is 6.34. The number of carboxylic acids is 1. The monoisotopic (exact) mass is 265 g/mol. The Labute approximate surface area is 111 Å². The third kappa shape index (κ3) is 1.96. The van der Waals surface area contributed by atoms with Crippen molar-refractivity contribution in [1.82, 2.24) is 4.90 Å². The Morgan fingerprint density at radius 1 is 1.26 bits per heavy atom. The van der Waals surface area contributed by atoms with E-state index < -0.39 is 23.4 Å². The van der Waals surface area contributed by atoms with Crippen molar-refractivity contribution < 1.29 is 19.8 Å². The molecule has 3 rings (SSSR count). The highest BCUT2D eigenvalue weighted by Gasteiger charge is 2.53. The maximum atomic E-state index is 12.6. The number of β-amino-alcohol motifs (C(OH)–C–C–N with tert-alkyl or cyclic N) is 1. The molecule has 1 aliphatic heterocycles. The Hall–Kier alpha value is -1.36. The minimum Gasteiger partial charge on any atom is -0.481 e. The number of hydrogen-bond acceptors (Lipinski definition) is 3. The van der Waals surface area contributed by atoms with Crippen LogP contribution in [0.4, 0.5) is 0 Å². The second kappa shape index (κ2) is 4.07. The summed E-state index contributed by atoms with van der Waals surface area (Å²) < 4.78 is 0. The highest BCUT2D eigenvalue weighted by molar-refractivity contribution is 5.87. The summed E-state index contributed by atoms with van der Waals surface area (Å²) in [5.41, 5.74) is -0.832. The van der Waals surface area contributed by atoms with Gasteiger partial charge in [-0.3, -0.25) is 9.59 Å². The summed E-state index contributed by atoms with van der Waals surface area (Å²) in [6, 6.07) is 0. The van der Waals surface area contributed by atoms with Crippen LogP contribution < -0.4 is 0 Å². The van der Waals surface area contributed by atoms with Gasteiger partial charge in [-0.25, -0.2) is 0 Å². The molecule has 1 amide bonds. The van der Waals surface area contributed by atoms with E-state index in [0.29, 0.717) is 19.5 Å². The topological polar surface area (TPSA) is 77.8 Å². The van der Waals surface area contributed by atoms with Crippen LogP contribution in [-0.2, 0) is 9.59 Å². The van der Waals surface area contributed by atoms with Crippen molar-refractivity contribution in [3.63, 3.8) is 0 Å². The first kappa shape index (κ1) is 12.7. The van der Waals surface area contributed by atoms with Crippen LogP contribution in [0.25, 0.3) is 0 Å². The summed E-state index contributed by atoms with van der Waals surface area (Å²) in [7, 11) is 0. The van der Waals surface area contributed by atoms with Gasteiger partial charge in [-0.05, 0) is 31.6 Å². The number of rotatable bonds is 2. The number of allylic oxidation sites excluding steroid dienone is 2. The minimum atomic E-state index is -0.874. The van der Waals surface area contributed by atoms with E-state index in [4.69, 9.17) is 0 Å². The van der Waals surface area contributed by atoms with E-state index in [9.17, 15) is 19.8 Å². The minimum absolute atomic E-state index is 0.000404. The number of carboxylic acid groups (broad SMARTS) is 1. The summed E-state index contributed by atoms with van der Waals surface area (Å²) in [6.07, 6.45) is 5.26. The van der Waals surface area contributed by atoms with Gasteiger partial charge in [0, 0.05) is 13.1 Å². The zero-order chi connectivity index (χ0) is 13.8. The maximum absolute atomic E-state index is 12.6. The molecule has 0 aromatic rings. The van der Waals surface area contributed by atoms with Crippen molar-refractivity contribution in [2.45, 2.75) is 25.4 Å². The average Bonchev–Trinajstić information content (AvgIpc) is 3.00. The fourth-order valence-electron chi connectivity index (χ4n) is 3.84. The molecular formula is C14H19NO4. The Morgan fingerprint density at radius 2 is 1.89 bits per heavy atom. The van der Waals surface area contributed by atoms with Gasteiger partial charge in [0.1, 0.15) is 0 Å². The lowest BCUT2D eigenvalue weighted by Crippen LogP contribution is -2.43. The molecule has 0 aromatic heterocycles. The zero-order valence-electron chi connectivity index (χ0n) is 11.0. The van der Waals surface area contributed by atoms with Gasteiger partial charge in [0.15, 0.2) is 0 Å². The lowest BCUT2D eigenvalue weighted by Gasteiger charge is -2.28. The molecule has 5 heteroatoms. The smallest absolute Gasteiger partial charge is 0.307 e. The molecule has 0 radical (unpaired) electrons. The van der Waals surface area contributed by atoms with Crippen molar-refractivity contribution in [3.05, 3.63) is 12.2 Å². The molecule has 2 fully saturated rings. The molecule has 3 aliphatic rings. The molecule has 104 valence electrons. The Balaban J connectivity index is 1.80. The summed E-state index contributed by atoms with van der Waals surface area (Å²) in [5.74, 6) is -1.94. The normalized spacial score (nSPS) is 44.0. The first-order valence-electron chi connectivity index (χ1n) is 6.81. The van der Waals surface area contributed by atoms with Crippen molar-refractivity contribution in [1.29, 1.82) is 0 Å². The molecule has 0 aromatic carbocycles. The van der Waals surface area contributed by atoms with Crippen molar-refractivity contribution in [2.24, 2.45) is 23.7 Å². The number of carbonyl (C=O) groups excluding carboxylic acids is 1. The standard InChI is InChI=1S/C14H19NO4/c1-14(19)4-5-15(7-14)12(16)10-8-2-3-9(6-8)11(10)13(17)18/h2-3,8-11,19H,4-7H2,1H3,(H,17,18). The van der Waals surface area contributed by atoms with Gasteiger partial charge in [-0.2, -0.15) is 0 Å². The lowest BCUT2D eigenvalue weighted by molar-refractivity contribution is -0.150. The third-order valence-electron chi connectivity index (χ3n) is 4.79. The summed E-state index contributed by atoms with van der Waals surface area (Å²) in [4.78, 5) is 25.6.